The molecule has 2 fully saturated rings. The molecule has 100 valence electrons. The van der Waals surface area contributed by atoms with Gasteiger partial charge in [-0.1, -0.05) is 33.6 Å². The molecule has 0 aromatic heterocycles. The summed E-state index contributed by atoms with van der Waals surface area (Å²) in [5, 5.41) is 10.0. The fourth-order valence-electron chi connectivity index (χ4n) is 2.87. The van der Waals surface area contributed by atoms with Crippen LogP contribution in [0.4, 0.5) is 0 Å². The first kappa shape index (κ1) is 13.4. The highest BCUT2D eigenvalue weighted by atomic mass is 16.5. The number of hydrogen-bond acceptors (Lipinski definition) is 2. The zero-order valence-electron chi connectivity index (χ0n) is 11.6. The molecule has 0 amide bonds. The van der Waals surface area contributed by atoms with Crippen molar-refractivity contribution in [2.24, 2.45) is 17.3 Å². The van der Waals surface area contributed by atoms with Crippen LogP contribution in [0.1, 0.15) is 59.3 Å². The van der Waals surface area contributed by atoms with Crippen molar-refractivity contribution in [1.82, 2.24) is 0 Å². The molecule has 0 saturated heterocycles. The molecule has 0 heterocycles. The van der Waals surface area contributed by atoms with Crippen molar-refractivity contribution in [2.75, 3.05) is 6.61 Å². The molecule has 1 N–H and O–H groups in total. The quantitative estimate of drug-likeness (QED) is 0.816. The minimum absolute atomic E-state index is 0.0896. The Balaban J connectivity index is 1.77. The highest BCUT2D eigenvalue weighted by Crippen LogP contribution is 2.39. The standard InChI is InChI=1S/C15H28O2/c1-15(2,3)12-6-7-13(16)14(10-12)17-9-8-11-4-5-11/h11-14,16H,4-10H2,1-3H3. The lowest BCUT2D eigenvalue weighted by atomic mass is 9.71. The van der Waals surface area contributed by atoms with E-state index in [0.717, 1.165) is 31.8 Å². The lowest BCUT2D eigenvalue weighted by Crippen LogP contribution is -2.40. The van der Waals surface area contributed by atoms with Gasteiger partial charge in [0.2, 0.25) is 0 Å². The third kappa shape index (κ3) is 3.96. The van der Waals surface area contributed by atoms with Crippen LogP contribution in [0.15, 0.2) is 0 Å². The number of hydrogen-bond donors (Lipinski definition) is 1. The summed E-state index contributed by atoms with van der Waals surface area (Å²) in [6.45, 7) is 7.76. The Morgan fingerprint density at radius 3 is 2.41 bits per heavy atom. The van der Waals surface area contributed by atoms with E-state index in [0.29, 0.717) is 11.3 Å². The monoisotopic (exact) mass is 240 g/mol. The summed E-state index contributed by atoms with van der Waals surface area (Å²) < 4.78 is 5.92. The lowest BCUT2D eigenvalue weighted by molar-refractivity contribution is -0.0848. The molecule has 0 aromatic carbocycles. The first-order valence-corrected chi connectivity index (χ1v) is 7.26. The van der Waals surface area contributed by atoms with Crippen LogP contribution in [0.2, 0.25) is 0 Å². The van der Waals surface area contributed by atoms with E-state index in [1.807, 2.05) is 0 Å². The Morgan fingerprint density at radius 2 is 1.82 bits per heavy atom. The Labute approximate surface area is 106 Å². The molecule has 2 nitrogen and oxygen atoms in total. The lowest BCUT2D eigenvalue weighted by Gasteiger charge is -2.39. The van der Waals surface area contributed by atoms with Gasteiger partial charge in [-0.05, 0) is 42.9 Å². The SMILES string of the molecule is CC(C)(C)C1CCC(O)C(OCCC2CC2)C1. The molecule has 2 rings (SSSR count). The van der Waals surface area contributed by atoms with Crippen molar-refractivity contribution in [3.63, 3.8) is 0 Å². The molecule has 3 unspecified atom stereocenters. The van der Waals surface area contributed by atoms with Gasteiger partial charge in [-0.3, -0.25) is 0 Å². The van der Waals surface area contributed by atoms with Crippen molar-refractivity contribution in [2.45, 2.75) is 71.5 Å². The summed E-state index contributed by atoms with van der Waals surface area (Å²) in [5.74, 6) is 1.62. The molecule has 0 bridgehead atoms. The Bertz CT molecular complexity index is 240. The summed E-state index contributed by atoms with van der Waals surface area (Å²) in [7, 11) is 0. The minimum atomic E-state index is -0.229. The van der Waals surface area contributed by atoms with Crippen LogP contribution in [0.5, 0.6) is 0 Å². The molecule has 17 heavy (non-hydrogen) atoms. The second kappa shape index (κ2) is 5.27. The van der Waals surface area contributed by atoms with Gasteiger partial charge < -0.3 is 9.84 Å². The van der Waals surface area contributed by atoms with Crippen LogP contribution in [0.25, 0.3) is 0 Å². The molecule has 3 atom stereocenters. The maximum absolute atomic E-state index is 10.0. The van der Waals surface area contributed by atoms with Crippen LogP contribution in [-0.4, -0.2) is 23.9 Å². The molecule has 2 aliphatic rings. The molecule has 0 aromatic rings. The summed E-state index contributed by atoms with van der Waals surface area (Å²) in [5.41, 5.74) is 0.345. The van der Waals surface area contributed by atoms with Gasteiger partial charge in [-0.25, -0.2) is 0 Å². The normalized spacial score (nSPS) is 34.9. The highest BCUT2D eigenvalue weighted by molar-refractivity contribution is 4.86. The third-order valence-electron chi connectivity index (χ3n) is 4.54. The Hall–Kier alpha value is -0.0800. The van der Waals surface area contributed by atoms with Crippen molar-refractivity contribution in [3.05, 3.63) is 0 Å². The van der Waals surface area contributed by atoms with Gasteiger partial charge in [-0.2, -0.15) is 0 Å². The number of ether oxygens (including phenoxy) is 1. The summed E-state index contributed by atoms with van der Waals surface area (Å²) >= 11 is 0. The summed E-state index contributed by atoms with van der Waals surface area (Å²) in [4.78, 5) is 0. The molecule has 0 radical (unpaired) electrons. The fraction of sp³-hybridized carbons (Fsp3) is 1.00. The second-order valence-electron chi connectivity index (χ2n) is 7.08. The van der Waals surface area contributed by atoms with Crippen LogP contribution < -0.4 is 0 Å². The highest BCUT2D eigenvalue weighted by Gasteiger charge is 2.35. The van der Waals surface area contributed by atoms with E-state index in [1.165, 1.54) is 19.3 Å². The van der Waals surface area contributed by atoms with E-state index in [2.05, 4.69) is 20.8 Å². The van der Waals surface area contributed by atoms with Gasteiger partial charge in [-0.15, -0.1) is 0 Å². The number of aliphatic hydroxyl groups is 1. The Kier molecular flexibility index (Phi) is 4.14. The molecule has 0 aliphatic heterocycles. The number of aliphatic hydroxyl groups excluding tert-OH is 1. The van der Waals surface area contributed by atoms with Crippen molar-refractivity contribution < 1.29 is 9.84 Å². The van der Waals surface area contributed by atoms with Crippen LogP contribution in [-0.2, 0) is 4.74 Å². The zero-order chi connectivity index (χ0) is 12.5. The average Bonchev–Trinajstić information content (AvgIpc) is 3.03. The molecule has 2 saturated carbocycles. The van der Waals surface area contributed by atoms with E-state index >= 15 is 0 Å². The molecular weight excluding hydrogens is 212 g/mol. The zero-order valence-corrected chi connectivity index (χ0v) is 11.6. The third-order valence-corrected chi connectivity index (χ3v) is 4.54. The smallest absolute Gasteiger partial charge is 0.0836 e. The Morgan fingerprint density at radius 1 is 1.12 bits per heavy atom. The molecule has 2 heteroatoms. The van der Waals surface area contributed by atoms with E-state index in [1.54, 1.807) is 0 Å². The molecule has 0 spiro atoms. The van der Waals surface area contributed by atoms with E-state index in [4.69, 9.17) is 4.74 Å². The largest absolute Gasteiger partial charge is 0.390 e. The van der Waals surface area contributed by atoms with E-state index < -0.39 is 0 Å². The van der Waals surface area contributed by atoms with Crippen molar-refractivity contribution in [3.8, 4) is 0 Å². The van der Waals surface area contributed by atoms with E-state index in [9.17, 15) is 5.11 Å². The maximum atomic E-state index is 10.0. The van der Waals surface area contributed by atoms with E-state index in [-0.39, 0.29) is 12.2 Å². The van der Waals surface area contributed by atoms with Crippen molar-refractivity contribution >= 4 is 0 Å². The van der Waals surface area contributed by atoms with Gasteiger partial charge in [0.1, 0.15) is 0 Å². The number of rotatable bonds is 4. The van der Waals surface area contributed by atoms with Crippen LogP contribution in [0, 0.1) is 17.3 Å². The average molecular weight is 240 g/mol. The minimum Gasteiger partial charge on any atom is -0.390 e. The predicted molar refractivity (Wildman–Crippen MR) is 69.9 cm³/mol. The maximum Gasteiger partial charge on any atom is 0.0836 e. The van der Waals surface area contributed by atoms with Crippen molar-refractivity contribution in [1.29, 1.82) is 0 Å². The van der Waals surface area contributed by atoms with Gasteiger partial charge >= 0.3 is 0 Å². The topological polar surface area (TPSA) is 29.5 Å². The van der Waals surface area contributed by atoms with Gasteiger partial charge in [0.25, 0.3) is 0 Å². The van der Waals surface area contributed by atoms with Gasteiger partial charge in [0.15, 0.2) is 0 Å². The first-order valence-electron chi connectivity index (χ1n) is 7.26. The molecular formula is C15H28O2. The predicted octanol–water partition coefficient (Wildman–Crippen LogP) is 3.38. The van der Waals surface area contributed by atoms with Gasteiger partial charge in [0.05, 0.1) is 12.2 Å². The second-order valence-corrected chi connectivity index (χ2v) is 7.08. The fourth-order valence-corrected chi connectivity index (χ4v) is 2.87. The molecule has 2 aliphatic carbocycles. The summed E-state index contributed by atoms with van der Waals surface area (Å²) in [6, 6.07) is 0. The van der Waals surface area contributed by atoms with Crippen LogP contribution in [0.3, 0.4) is 0 Å². The van der Waals surface area contributed by atoms with Crippen LogP contribution >= 0.6 is 0 Å². The first-order chi connectivity index (χ1) is 7.97. The summed E-state index contributed by atoms with van der Waals surface area (Å²) in [6.07, 6.45) is 6.93. The van der Waals surface area contributed by atoms with Gasteiger partial charge in [0, 0.05) is 6.61 Å².